The van der Waals surface area contributed by atoms with E-state index in [1.807, 2.05) is 0 Å². The van der Waals surface area contributed by atoms with Gasteiger partial charge >= 0.3 is 0 Å². The number of nitrogens with one attached hydrogen (secondary N) is 1. The van der Waals surface area contributed by atoms with Crippen molar-refractivity contribution in [1.82, 2.24) is 20.2 Å². The molecule has 2 N–H and O–H groups in total. The predicted octanol–water partition coefficient (Wildman–Crippen LogP) is 1.01. The van der Waals surface area contributed by atoms with E-state index in [1.54, 1.807) is 12.1 Å². The summed E-state index contributed by atoms with van der Waals surface area (Å²) in [6.45, 7) is -0.365. The zero-order valence-electron chi connectivity index (χ0n) is 15.4. The van der Waals surface area contributed by atoms with Crippen molar-refractivity contribution in [2.24, 2.45) is 11.8 Å². The largest absolute Gasteiger partial charge is 0.327 e. The van der Waals surface area contributed by atoms with Crippen molar-refractivity contribution in [3.63, 3.8) is 0 Å². The first-order valence-electron chi connectivity index (χ1n) is 9.42. The minimum atomic E-state index is -1.32. The summed E-state index contributed by atoms with van der Waals surface area (Å²) in [4.78, 5) is 37.7. The van der Waals surface area contributed by atoms with Crippen LogP contribution in [-0.2, 0) is 14.4 Å². The second-order valence-electron chi connectivity index (χ2n) is 7.39. The lowest BCUT2D eigenvalue weighted by atomic mass is 9.78. The summed E-state index contributed by atoms with van der Waals surface area (Å²) in [5.41, 5.74) is 0. The summed E-state index contributed by atoms with van der Waals surface area (Å²) >= 11 is 0. The number of amides is 3. The number of nitrogens with zero attached hydrogens (tertiary/aromatic N) is 4. The molecule has 0 spiro atoms. The highest BCUT2D eigenvalue weighted by molar-refractivity contribution is 5.97. The van der Waals surface area contributed by atoms with Gasteiger partial charge in [-0.05, 0) is 24.5 Å². The molecular weight excluding hydrogens is 369 g/mol. The van der Waals surface area contributed by atoms with Gasteiger partial charge in [-0.3, -0.25) is 19.6 Å². The second-order valence-corrected chi connectivity index (χ2v) is 7.39. The number of likely N-dealkylation sites (tertiary alicyclic amines) is 1. The van der Waals surface area contributed by atoms with Gasteiger partial charge in [-0.1, -0.05) is 19.3 Å². The minimum Gasteiger partial charge on any atom is -0.327 e. The zero-order chi connectivity index (χ0) is 20.1. The van der Waals surface area contributed by atoms with Gasteiger partial charge in [0, 0.05) is 12.6 Å². The van der Waals surface area contributed by atoms with Gasteiger partial charge in [0.05, 0.1) is 19.0 Å². The number of carbonyl (C=O) groups excluding carboxylic acids is 3. The van der Waals surface area contributed by atoms with Crippen molar-refractivity contribution >= 4 is 24.0 Å². The third kappa shape index (κ3) is 4.80. The average Bonchev–Trinajstić information content (AvgIpc) is 3.05. The molecule has 9 nitrogen and oxygen atoms in total. The Labute approximate surface area is 161 Å². The number of hydroxylamine groups is 2. The summed E-state index contributed by atoms with van der Waals surface area (Å²) in [6, 6.07) is 2.17. The molecule has 1 saturated carbocycles. The topological polar surface area (TPSA) is 116 Å². The van der Waals surface area contributed by atoms with Crippen molar-refractivity contribution in [3.05, 3.63) is 18.3 Å². The second kappa shape index (κ2) is 9.05. The highest BCUT2D eigenvalue weighted by Crippen LogP contribution is 2.34. The van der Waals surface area contributed by atoms with E-state index in [0.29, 0.717) is 17.4 Å². The Kier molecular flexibility index (Phi) is 6.50. The average molecular weight is 393 g/mol. The third-order valence-electron chi connectivity index (χ3n) is 5.38. The Bertz CT molecular complexity index is 702. The molecule has 152 valence electrons. The van der Waals surface area contributed by atoms with Gasteiger partial charge in [0.25, 0.3) is 0 Å². The van der Waals surface area contributed by atoms with Gasteiger partial charge in [0.15, 0.2) is 5.82 Å². The number of anilines is 1. The van der Waals surface area contributed by atoms with E-state index in [0.717, 1.165) is 19.3 Å². The van der Waals surface area contributed by atoms with Crippen LogP contribution in [0.1, 0.15) is 32.1 Å². The van der Waals surface area contributed by atoms with Crippen molar-refractivity contribution in [2.75, 3.05) is 18.4 Å². The monoisotopic (exact) mass is 393 g/mol. The van der Waals surface area contributed by atoms with E-state index < -0.39 is 29.9 Å². The highest BCUT2D eigenvalue weighted by atomic mass is 19.1. The first-order valence-corrected chi connectivity index (χ1v) is 9.42. The molecule has 0 unspecified atom stereocenters. The number of halogens is 1. The van der Waals surface area contributed by atoms with E-state index in [1.165, 1.54) is 11.1 Å². The van der Waals surface area contributed by atoms with E-state index in [-0.39, 0.29) is 31.7 Å². The van der Waals surface area contributed by atoms with Crippen molar-refractivity contribution in [1.29, 1.82) is 0 Å². The molecule has 1 aliphatic heterocycles. The van der Waals surface area contributed by atoms with Crippen LogP contribution in [0.2, 0.25) is 0 Å². The minimum absolute atomic E-state index is 0.107. The Morgan fingerprint density at radius 2 is 2.25 bits per heavy atom. The fourth-order valence-corrected chi connectivity index (χ4v) is 3.74. The van der Waals surface area contributed by atoms with Crippen LogP contribution >= 0.6 is 0 Å². The lowest BCUT2D eigenvalue weighted by Crippen LogP contribution is -2.48. The number of aromatic nitrogens is 2. The van der Waals surface area contributed by atoms with Crippen LogP contribution in [0, 0.1) is 11.8 Å². The fourth-order valence-electron chi connectivity index (χ4n) is 3.74. The van der Waals surface area contributed by atoms with E-state index >= 15 is 0 Å². The SMILES string of the molecule is O=CN(O)C[C@@H](CC1CCC1)C(=O)N1C[C@H](F)C[C@H]1C(=O)Nc1cccnn1. The first-order chi connectivity index (χ1) is 13.5. The predicted molar refractivity (Wildman–Crippen MR) is 95.7 cm³/mol. The van der Waals surface area contributed by atoms with Gasteiger partial charge in [0.2, 0.25) is 18.2 Å². The lowest BCUT2D eigenvalue weighted by Gasteiger charge is -2.33. The summed E-state index contributed by atoms with van der Waals surface area (Å²) in [6.07, 6.45) is 3.82. The molecule has 0 radical (unpaired) electrons. The van der Waals surface area contributed by atoms with Crippen LogP contribution < -0.4 is 5.32 Å². The van der Waals surface area contributed by atoms with Gasteiger partial charge in [-0.15, -0.1) is 5.10 Å². The van der Waals surface area contributed by atoms with E-state index in [4.69, 9.17) is 0 Å². The van der Waals surface area contributed by atoms with Gasteiger partial charge in [-0.25, -0.2) is 9.45 Å². The smallest absolute Gasteiger partial charge is 0.248 e. The molecule has 2 aliphatic rings. The Hall–Kier alpha value is -2.62. The van der Waals surface area contributed by atoms with Crippen molar-refractivity contribution in [2.45, 2.75) is 44.3 Å². The molecule has 3 rings (SSSR count). The van der Waals surface area contributed by atoms with Gasteiger partial charge in [-0.2, -0.15) is 5.10 Å². The van der Waals surface area contributed by atoms with Crippen molar-refractivity contribution in [3.8, 4) is 0 Å². The zero-order valence-corrected chi connectivity index (χ0v) is 15.4. The first kappa shape index (κ1) is 20.1. The van der Waals surface area contributed by atoms with Crippen LogP contribution in [-0.4, -0.2) is 68.9 Å². The van der Waals surface area contributed by atoms with Crippen LogP contribution in [0.3, 0.4) is 0 Å². The Morgan fingerprint density at radius 3 is 2.86 bits per heavy atom. The molecule has 2 fully saturated rings. The molecule has 0 bridgehead atoms. The molecular formula is C18H24FN5O4. The third-order valence-corrected chi connectivity index (χ3v) is 5.38. The molecule has 0 aromatic carbocycles. The van der Waals surface area contributed by atoms with E-state index in [9.17, 15) is 24.0 Å². The highest BCUT2D eigenvalue weighted by Gasteiger charge is 2.43. The molecule has 3 atom stereocenters. The summed E-state index contributed by atoms with van der Waals surface area (Å²) < 4.78 is 14.1. The maximum Gasteiger partial charge on any atom is 0.248 e. The molecule has 2 heterocycles. The van der Waals surface area contributed by atoms with Gasteiger partial charge < -0.3 is 10.2 Å². The normalized spacial score (nSPS) is 23.0. The maximum absolute atomic E-state index is 14.1. The van der Waals surface area contributed by atoms with Crippen LogP contribution in [0.15, 0.2) is 18.3 Å². The molecule has 1 aromatic heterocycles. The summed E-state index contributed by atoms with van der Waals surface area (Å²) in [7, 11) is 0. The molecule has 3 amide bonds. The number of hydrogen-bond acceptors (Lipinski definition) is 6. The quantitative estimate of drug-likeness (QED) is 0.387. The molecule has 28 heavy (non-hydrogen) atoms. The number of alkyl halides is 1. The van der Waals surface area contributed by atoms with Crippen molar-refractivity contribution < 1.29 is 24.0 Å². The van der Waals surface area contributed by atoms with Crippen LogP contribution in [0.4, 0.5) is 10.2 Å². The summed E-state index contributed by atoms with van der Waals surface area (Å²) in [5, 5.41) is 20.0. The standard InChI is InChI=1S/C18H24FN5O4/c19-14-8-15(17(26)21-16-5-2-6-20-22-16)24(10-14)18(27)13(9-23(28)11-25)7-12-3-1-4-12/h2,5-6,11-15,28H,1,3-4,7-10H2,(H,21,22,26)/t13-,14-,15+/m1/s1. The molecule has 1 aromatic rings. The lowest BCUT2D eigenvalue weighted by molar-refractivity contribution is -0.158. The van der Waals surface area contributed by atoms with E-state index in [2.05, 4.69) is 15.5 Å². The number of hydrogen-bond donors (Lipinski definition) is 2. The molecule has 10 heteroatoms. The maximum atomic E-state index is 14.1. The number of rotatable bonds is 8. The van der Waals surface area contributed by atoms with Gasteiger partial charge in [0.1, 0.15) is 12.2 Å². The number of carbonyl (C=O) groups is 3. The van der Waals surface area contributed by atoms with Crippen LogP contribution in [0.5, 0.6) is 0 Å². The summed E-state index contributed by atoms with van der Waals surface area (Å²) in [5.74, 6) is -1.09. The Morgan fingerprint density at radius 1 is 1.46 bits per heavy atom. The molecule has 1 saturated heterocycles. The fraction of sp³-hybridized carbons (Fsp3) is 0.611. The Balaban J connectivity index is 1.71. The molecule has 1 aliphatic carbocycles. The van der Waals surface area contributed by atoms with Crippen LogP contribution in [0.25, 0.3) is 0 Å².